The normalized spacial score (nSPS) is 15.8. The van der Waals surface area contributed by atoms with Crippen LogP contribution in [0.5, 0.6) is 5.75 Å². The van der Waals surface area contributed by atoms with Gasteiger partial charge < -0.3 is 10.4 Å². The van der Waals surface area contributed by atoms with Crippen LogP contribution in [0.1, 0.15) is 16.1 Å². The standard InChI is InChI=1S/C20H16Cl2FN3O4S2/c21-12-3-4-13(15(27)8-12)19(28)25-9-20(18-14(23)2-1-7-24-18)10-26(11-20)32(29,30)17-6-5-16(22)31-17/h1-8,27H,9-11H2,(H,25,28). The summed E-state index contributed by atoms with van der Waals surface area (Å²) in [6.07, 6.45) is 1.41. The van der Waals surface area contributed by atoms with E-state index in [1.54, 1.807) is 0 Å². The number of thiophene rings is 1. The lowest BCUT2D eigenvalue weighted by Gasteiger charge is -2.48. The molecule has 1 saturated heterocycles. The topological polar surface area (TPSA) is 99.6 Å². The summed E-state index contributed by atoms with van der Waals surface area (Å²) in [5, 5.41) is 12.9. The van der Waals surface area contributed by atoms with Gasteiger partial charge in [-0.25, -0.2) is 12.8 Å². The Morgan fingerprint density at radius 2 is 2.00 bits per heavy atom. The highest BCUT2D eigenvalue weighted by atomic mass is 35.5. The zero-order chi connectivity index (χ0) is 23.1. The number of aromatic nitrogens is 1. The van der Waals surface area contributed by atoms with Gasteiger partial charge in [-0.3, -0.25) is 9.78 Å². The van der Waals surface area contributed by atoms with E-state index in [-0.39, 0.29) is 45.9 Å². The van der Waals surface area contributed by atoms with E-state index in [1.807, 2.05) is 0 Å². The molecule has 2 N–H and O–H groups in total. The van der Waals surface area contributed by atoms with Crippen molar-refractivity contribution in [1.29, 1.82) is 0 Å². The average Bonchev–Trinajstić information content (AvgIpc) is 3.15. The Kier molecular flexibility index (Phi) is 6.17. The molecule has 0 unspecified atom stereocenters. The van der Waals surface area contributed by atoms with Crippen LogP contribution in [-0.4, -0.2) is 48.4 Å². The van der Waals surface area contributed by atoms with Gasteiger partial charge >= 0.3 is 0 Å². The van der Waals surface area contributed by atoms with Crippen LogP contribution in [0, 0.1) is 5.82 Å². The molecule has 1 amide bonds. The molecule has 1 aliphatic rings. The number of carbonyl (C=O) groups is 1. The molecule has 0 bridgehead atoms. The molecular weight excluding hydrogens is 500 g/mol. The summed E-state index contributed by atoms with van der Waals surface area (Å²) in [7, 11) is -3.83. The molecule has 1 aromatic carbocycles. The maximum absolute atomic E-state index is 14.6. The molecule has 3 aromatic rings. The monoisotopic (exact) mass is 515 g/mol. The molecular formula is C20H16Cl2FN3O4S2. The van der Waals surface area contributed by atoms with E-state index < -0.39 is 27.2 Å². The lowest BCUT2D eigenvalue weighted by molar-refractivity contribution is 0.0892. The summed E-state index contributed by atoms with van der Waals surface area (Å²) in [5.74, 6) is -1.52. The number of phenolic OH excluding ortho intramolecular Hbond substituents is 1. The smallest absolute Gasteiger partial charge is 0.255 e. The number of nitrogens with zero attached hydrogens (tertiary/aromatic N) is 2. The zero-order valence-electron chi connectivity index (χ0n) is 16.3. The number of phenols is 1. The summed E-state index contributed by atoms with van der Waals surface area (Å²) < 4.78 is 42.0. The first-order valence-electron chi connectivity index (χ1n) is 9.26. The largest absolute Gasteiger partial charge is 0.507 e. The maximum Gasteiger partial charge on any atom is 0.255 e. The van der Waals surface area contributed by atoms with Gasteiger partial charge in [-0.2, -0.15) is 4.31 Å². The number of amides is 1. The van der Waals surface area contributed by atoms with E-state index in [0.717, 1.165) is 11.3 Å². The molecule has 1 fully saturated rings. The van der Waals surface area contributed by atoms with Gasteiger partial charge in [0, 0.05) is 30.9 Å². The first-order valence-corrected chi connectivity index (χ1v) is 12.3. The minimum Gasteiger partial charge on any atom is -0.507 e. The Labute approximate surface area is 197 Å². The lowest BCUT2D eigenvalue weighted by Crippen LogP contribution is -2.65. The van der Waals surface area contributed by atoms with Crippen molar-refractivity contribution in [3.05, 3.63) is 75.1 Å². The first-order chi connectivity index (χ1) is 15.1. The van der Waals surface area contributed by atoms with Gasteiger partial charge in [0.1, 0.15) is 15.8 Å². The van der Waals surface area contributed by atoms with Crippen molar-refractivity contribution >= 4 is 50.5 Å². The number of rotatable bonds is 6. The Balaban J connectivity index is 1.59. The van der Waals surface area contributed by atoms with Gasteiger partial charge in [-0.05, 0) is 42.5 Å². The Morgan fingerprint density at radius 3 is 2.62 bits per heavy atom. The SMILES string of the molecule is O=C(NCC1(c2ncccc2F)CN(S(=O)(=O)c2ccc(Cl)s2)C1)c1ccc(Cl)cc1O. The van der Waals surface area contributed by atoms with Gasteiger partial charge in [0.15, 0.2) is 0 Å². The van der Waals surface area contributed by atoms with E-state index in [4.69, 9.17) is 23.2 Å². The highest BCUT2D eigenvalue weighted by Gasteiger charge is 2.52. The van der Waals surface area contributed by atoms with Crippen molar-refractivity contribution in [2.75, 3.05) is 19.6 Å². The molecule has 4 rings (SSSR count). The summed E-state index contributed by atoms with van der Waals surface area (Å²) in [6, 6.07) is 9.60. The summed E-state index contributed by atoms with van der Waals surface area (Å²) in [4.78, 5) is 16.7. The molecule has 32 heavy (non-hydrogen) atoms. The van der Waals surface area contributed by atoms with Gasteiger partial charge in [0.25, 0.3) is 15.9 Å². The van der Waals surface area contributed by atoms with Crippen LogP contribution in [-0.2, 0) is 15.4 Å². The van der Waals surface area contributed by atoms with E-state index in [0.29, 0.717) is 4.34 Å². The number of benzene rings is 1. The molecule has 0 atom stereocenters. The van der Waals surface area contributed by atoms with Crippen LogP contribution < -0.4 is 5.32 Å². The highest BCUT2D eigenvalue weighted by molar-refractivity contribution is 7.91. The van der Waals surface area contributed by atoms with Crippen molar-refractivity contribution in [2.45, 2.75) is 9.62 Å². The average molecular weight is 516 g/mol. The summed E-state index contributed by atoms with van der Waals surface area (Å²) in [6.45, 7) is -0.281. The molecule has 0 aliphatic carbocycles. The fourth-order valence-electron chi connectivity index (χ4n) is 3.53. The number of halogens is 3. The Bertz CT molecular complexity index is 1290. The maximum atomic E-state index is 14.6. The molecule has 168 valence electrons. The minimum atomic E-state index is -3.83. The number of carbonyl (C=O) groups excluding carboxylic acids is 1. The third-order valence-electron chi connectivity index (χ3n) is 5.15. The van der Waals surface area contributed by atoms with Crippen LogP contribution in [0.25, 0.3) is 0 Å². The minimum absolute atomic E-state index is 0.0110. The van der Waals surface area contributed by atoms with Crippen LogP contribution in [0.15, 0.2) is 52.9 Å². The van der Waals surface area contributed by atoms with Crippen molar-refractivity contribution in [2.24, 2.45) is 0 Å². The zero-order valence-corrected chi connectivity index (χ0v) is 19.4. The number of pyridine rings is 1. The number of sulfonamides is 1. The second-order valence-corrected chi connectivity index (χ2v) is 11.6. The van der Waals surface area contributed by atoms with E-state index >= 15 is 0 Å². The van der Waals surface area contributed by atoms with Gasteiger partial charge in [0.2, 0.25) is 0 Å². The van der Waals surface area contributed by atoms with Crippen molar-refractivity contribution in [1.82, 2.24) is 14.6 Å². The second-order valence-electron chi connectivity index (χ2n) is 7.29. The summed E-state index contributed by atoms with van der Waals surface area (Å²) in [5.41, 5.74) is -1.05. The van der Waals surface area contributed by atoms with E-state index in [9.17, 15) is 22.7 Å². The Hall–Kier alpha value is -2.24. The van der Waals surface area contributed by atoms with Crippen molar-refractivity contribution < 1.29 is 22.7 Å². The van der Waals surface area contributed by atoms with Gasteiger partial charge in [0.05, 0.1) is 21.0 Å². The molecule has 2 aromatic heterocycles. The second kappa shape index (κ2) is 8.60. The van der Waals surface area contributed by atoms with Crippen LogP contribution in [0.4, 0.5) is 4.39 Å². The molecule has 3 heterocycles. The van der Waals surface area contributed by atoms with Gasteiger partial charge in [-0.15, -0.1) is 11.3 Å². The van der Waals surface area contributed by atoms with Crippen molar-refractivity contribution in [3.63, 3.8) is 0 Å². The molecule has 0 spiro atoms. The number of aromatic hydroxyl groups is 1. The van der Waals surface area contributed by atoms with Gasteiger partial charge in [-0.1, -0.05) is 23.2 Å². The van der Waals surface area contributed by atoms with Crippen LogP contribution in [0.3, 0.4) is 0 Å². The molecule has 1 aliphatic heterocycles. The van der Waals surface area contributed by atoms with E-state index in [1.165, 1.54) is 53.0 Å². The summed E-state index contributed by atoms with van der Waals surface area (Å²) >= 11 is 12.6. The van der Waals surface area contributed by atoms with E-state index in [2.05, 4.69) is 10.3 Å². The fraction of sp³-hybridized carbons (Fsp3) is 0.200. The molecule has 7 nitrogen and oxygen atoms in total. The fourth-order valence-corrected chi connectivity index (χ4v) is 6.94. The number of nitrogens with one attached hydrogen (secondary N) is 1. The third kappa shape index (κ3) is 4.20. The van der Waals surface area contributed by atoms with Crippen LogP contribution in [0.2, 0.25) is 9.36 Å². The predicted octanol–water partition coefficient (Wildman–Crippen LogP) is 3.67. The van der Waals surface area contributed by atoms with Crippen molar-refractivity contribution in [3.8, 4) is 5.75 Å². The molecule has 0 saturated carbocycles. The Morgan fingerprint density at radius 1 is 1.25 bits per heavy atom. The lowest BCUT2D eigenvalue weighted by atomic mass is 9.77. The predicted molar refractivity (Wildman–Crippen MR) is 119 cm³/mol. The quantitative estimate of drug-likeness (QED) is 0.521. The first kappa shape index (κ1) is 22.9. The number of hydrogen-bond donors (Lipinski definition) is 2. The highest BCUT2D eigenvalue weighted by Crippen LogP contribution is 2.39. The molecule has 0 radical (unpaired) electrons. The number of hydrogen-bond acceptors (Lipinski definition) is 6. The third-order valence-corrected chi connectivity index (χ3v) is 8.88. The van der Waals surface area contributed by atoms with Crippen LogP contribution >= 0.6 is 34.5 Å². The molecule has 12 heteroatoms.